The molecule has 0 aliphatic heterocycles. The number of para-hydroxylation sites is 1. The van der Waals surface area contributed by atoms with Crippen LogP contribution in [0.25, 0.3) is 0 Å². The van der Waals surface area contributed by atoms with Gasteiger partial charge in [-0.3, -0.25) is 0 Å². The molecular weight excluding hydrogens is 348 g/mol. The van der Waals surface area contributed by atoms with Crippen LogP contribution in [0.1, 0.15) is 18.5 Å². The molecule has 5 heteroatoms. The van der Waals surface area contributed by atoms with E-state index in [0.717, 1.165) is 20.6 Å². The van der Waals surface area contributed by atoms with Crippen LogP contribution in [-0.2, 0) is 0 Å². The zero-order valence-electron chi connectivity index (χ0n) is 11.9. The average Bonchev–Trinajstić information content (AvgIpc) is 2.48. The van der Waals surface area contributed by atoms with Crippen LogP contribution in [-0.4, -0.2) is 12.3 Å². The molecule has 0 radical (unpaired) electrons. The normalized spacial score (nSPS) is 11.8. The van der Waals surface area contributed by atoms with Gasteiger partial charge in [0.15, 0.2) is 0 Å². The minimum atomic E-state index is -0.209. The predicted octanol–water partition coefficient (Wildman–Crippen LogP) is 5.05. The number of thioether (sulfide) groups is 1. The van der Waals surface area contributed by atoms with Crippen molar-refractivity contribution in [2.75, 3.05) is 11.6 Å². The number of nitrogens with one attached hydrogen (secondary N) is 2. The van der Waals surface area contributed by atoms with E-state index >= 15 is 0 Å². The molecule has 0 spiro atoms. The molecule has 0 aliphatic rings. The number of carbonyl (C=O) groups excluding carboxylic acids is 1. The van der Waals surface area contributed by atoms with E-state index in [-0.39, 0.29) is 12.1 Å². The number of anilines is 1. The second kappa shape index (κ2) is 7.52. The van der Waals surface area contributed by atoms with Crippen molar-refractivity contribution in [3.8, 4) is 0 Å². The molecule has 2 aromatic rings. The van der Waals surface area contributed by atoms with Crippen LogP contribution in [0.2, 0.25) is 0 Å². The summed E-state index contributed by atoms with van der Waals surface area (Å²) < 4.78 is 0.988. The quantitative estimate of drug-likeness (QED) is 0.744. The first kappa shape index (κ1) is 15.9. The van der Waals surface area contributed by atoms with Gasteiger partial charge in [-0.15, -0.1) is 11.8 Å². The fourth-order valence-corrected chi connectivity index (χ4v) is 3.19. The standard InChI is InChI=1S/C16H17BrN2OS/c1-11(12-7-3-4-8-13(12)17)18-16(20)19-14-9-5-6-10-15(14)21-2/h3-11H,1-2H3,(H2,18,19,20). The van der Waals surface area contributed by atoms with Gasteiger partial charge >= 0.3 is 6.03 Å². The van der Waals surface area contributed by atoms with Crippen molar-refractivity contribution in [1.82, 2.24) is 5.32 Å². The molecule has 2 rings (SSSR count). The molecule has 0 fully saturated rings. The molecule has 0 heterocycles. The van der Waals surface area contributed by atoms with Crippen molar-refractivity contribution in [2.45, 2.75) is 17.9 Å². The lowest BCUT2D eigenvalue weighted by molar-refractivity contribution is 0.249. The molecule has 2 amide bonds. The minimum Gasteiger partial charge on any atom is -0.331 e. The molecule has 0 saturated carbocycles. The van der Waals surface area contributed by atoms with Crippen LogP contribution < -0.4 is 10.6 Å². The van der Waals surface area contributed by atoms with Gasteiger partial charge in [-0.2, -0.15) is 0 Å². The molecule has 0 aliphatic carbocycles. The molecule has 1 atom stereocenters. The summed E-state index contributed by atoms with van der Waals surface area (Å²) in [6.07, 6.45) is 1.99. The van der Waals surface area contributed by atoms with E-state index in [1.807, 2.05) is 61.7 Å². The molecule has 3 nitrogen and oxygen atoms in total. The smallest absolute Gasteiger partial charge is 0.319 e. The first-order valence-corrected chi connectivity index (χ1v) is 8.58. The highest BCUT2D eigenvalue weighted by molar-refractivity contribution is 9.10. The van der Waals surface area contributed by atoms with Gasteiger partial charge in [-0.1, -0.05) is 46.3 Å². The molecule has 0 saturated heterocycles. The fourth-order valence-electron chi connectivity index (χ4n) is 2.01. The van der Waals surface area contributed by atoms with Crippen molar-refractivity contribution in [3.63, 3.8) is 0 Å². The predicted molar refractivity (Wildman–Crippen MR) is 92.9 cm³/mol. The van der Waals surface area contributed by atoms with E-state index < -0.39 is 0 Å². The number of carbonyl (C=O) groups is 1. The zero-order chi connectivity index (χ0) is 15.2. The second-order valence-electron chi connectivity index (χ2n) is 4.54. The minimum absolute atomic E-state index is 0.0815. The number of halogens is 1. The Hall–Kier alpha value is -1.46. The number of urea groups is 1. The highest BCUT2D eigenvalue weighted by Gasteiger charge is 2.12. The van der Waals surface area contributed by atoms with E-state index in [2.05, 4.69) is 26.6 Å². The Balaban J connectivity index is 2.03. The summed E-state index contributed by atoms with van der Waals surface area (Å²) >= 11 is 5.11. The average molecular weight is 365 g/mol. The van der Waals surface area contributed by atoms with E-state index in [1.165, 1.54) is 0 Å². The summed E-state index contributed by atoms with van der Waals surface area (Å²) in [5.41, 5.74) is 1.87. The Morgan fingerprint density at radius 2 is 1.81 bits per heavy atom. The molecule has 2 N–H and O–H groups in total. The van der Waals surface area contributed by atoms with E-state index in [0.29, 0.717) is 0 Å². The molecular formula is C16H17BrN2OS. The maximum absolute atomic E-state index is 12.1. The zero-order valence-corrected chi connectivity index (χ0v) is 14.3. The topological polar surface area (TPSA) is 41.1 Å². The van der Waals surface area contributed by atoms with Gasteiger partial charge in [0.2, 0.25) is 0 Å². The van der Waals surface area contributed by atoms with Gasteiger partial charge in [0.05, 0.1) is 11.7 Å². The van der Waals surface area contributed by atoms with Crippen molar-refractivity contribution in [2.24, 2.45) is 0 Å². The highest BCUT2D eigenvalue weighted by atomic mass is 79.9. The monoisotopic (exact) mass is 364 g/mol. The Labute approximate surface area is 137 Å². The van der Waals surface area contributed by atoms with Crippen molar-refractivity contribution in [3.05, 3.63) is 58.6 Å². The molecule has 21 heavy (non-hydrogen) atoms. The van der Waals surface area contributed by atoms with Gasteiger partial charge in [-0.05, 0) is 36.9 Å². The summed E-state index contributed by atoms with van der Waals surface area (Å²) in [5.74, 6) is 0. The summed E-state index contributed by atoms with van der Waals surface area (Å²) in [4.78, 5) is 13.2. The maximum atomic E-state index is 12.1. The lowest BCUT2D eigenvalue weighted by Gasteiger charge is -2.17. The number of amides is 2. The third kappa shape index (κ3) is 4.25. The molecule has 1 unspecified atom stereocenters. The first-order chi connectivity index (χ1) is 10.1. The van der Waals surface area contributed by atoms with Gasteiger partial charge in [0.25, 0.3) is 0 Å². The van der Waals surface area contributed by atoms with Gasteiger partial charge in [0.1, 0.15) is 0 Å². The number of hydrogen-bond acceptors (Lipinski definition) is 2. The van der Waals surface area contributed by atoms with E-state index in [1.54, 1.807) is 11.8 Å². The van der Waals surface area contributed by atoms with Crippen LogP contribution in [0.5, 0.6) is 0 Å². The number of hydrogen-bond donors (Lipinski definition) is 2. The highest BCUT2D eigenvalue weighted by Crippen LogP contribution is 2.25. The first-order valence-electron chi connectivity index (χ1n) is 6.56. The Morgan fingerprint density at radius 3 is 2.52 bits per heavy atom. The van der Waals surface area contributed by atoms with Crippen LogP contribution in [0, 0.1) is 0 Å². The van der Waals surface area contributed by atoms with Crippen LogP contribution >= 0.6 is 27.7 Å². The second-order valence-corrected chi connectivity index (χ2v) is 6.24. The number of benzene rings is 2. The number of rotatable bonds is 4. The van der Waals surface area contributed by atoms with Crippen LogP contribution in [0.3, 0.4) is 0 Å². The molecule has 2 aromatic carbocycles. The third-order valence-corrected chi connectivity index (χ3v) is 4.59. The lowest BCUT2D eigenvalue weighted by Crippen LogP contribution is -2.31. The summed E-state index contributed by atoms with van der Waals surface area (Å²) in [6.45, 7) is 1.96. The summed E-state index contributed by atoms with van der Waals surface area (Å²) in [5, 5.41) is 5.84. The summed E-state index contributed by atoms with van der Waals surface area (Å²) in [7, 11) is 0. The van der Waals surface area contributed by atoms with Crippen LogP contribution in [0.15, 0.2) is 57.9 Å². The van der Waals surface area contributed by atoms with Crippen molar-refractivity contribution >= 4 is 39.4 Å². The third-order valence-electron chi connectivity index (χ3n) is 3.07. The van der Waals surface area contributed by atoms with Crippen molar-refractivity contribution in [1.29, 1.82) is 0 Å². The summed E-state index contributed by atoms with van der Waals surface area (Å²) in [6, 6.07) is 15.3. The molecule has 110 valence electrons. The Kier molecular flexibility index (Phi) is 5.70. The van der Waals surface area contributed by atoms with Gasteiger partial charge in [0, 0.05) is 9.37 Å². The van der Waals surface area contributed by atoms with Gasteiger partial charge in [-0.25, -0.2) is 4.79 Å². The van der Waals surface area contributed by atoms with E-state index in [4.69, 9.17) is 0 Å². The largest absolute Gasteiger partial charge is 0.331 e. The molecule has 0 aromatic heterocycles. The maximum Gasteiger partial charge on any atom is 0.319 e. The fraction of sp³-hybridized carbons (Fsp3) is 0.188. The van der Waals surface area contributed by atoms with Gasteiger partial charge < -0.3 is 10.6 Å². The van der Waals surface area contributed by atoms with E-state index in [9.17, 15) is 4.79 Å². The molecule has 0 bridgehead atoms. The Bertz CT molecular complexity index is 633. The Morgan fingerprint density at radius 1 is 1.14 bits per heavy atom. The van der Waals surface area contributed by atoms with Crippen molar-refractivity contribution < 1.29 is 4.79 Å². The lowest BCUT2D eigenvalue weighted by atomic mass is 10.1. The SMILES string of the molecule is CSc1ccccc1NC(=O)NC(C)c1ccccc1Br. The van der Waals surface area contributed by atoms with Crippen LogP contribution in [0.4, 0.5) is 10.5 Å².